The Morgan fingerprint density at radius 2 is 1.57 bits per heavy atom. The number of ether oxygens (including phenoxy) is 1. The van der Waals surface area contributed by atoms with Crippen molar-refractivity contribution in [3.05, 3.63) is 42.5 Å². The minimum absolute atomic E-state index is 0.247. The predicted molar refractivity (Wildman–Crippen MR) is 127 cm³/mol. The highest BCUT2D eigenvalue weighted by Crippen LogP contribution is 2.21. The molecule has 3 heteroatoms. The van der Waals surface area contributed by atoms with Crippen LogP contribution < -0.4 is 10.5 Å². The standard InChI is InChI=1S/C25H43NOS/c1-3-4-5-6-7-8-9-10-11-12-14-17-23(20-21-25(26)28-2)22-27-24-18-15-13-16-19-24/h10-11,13,15-16,18-19,23,25H,3-9,12,14,17,20-22,26H2,1-2H3/b11-10-. The van der Waals surface area contributed by atoms with E-state index in [0.717, 1.165) is 25.2 Å². The molecule has 0 aliphatic heterocycles. The van der Waals surface area contributed by atoms with E-state index < -0.39 is 0 Å². The molecule has 0 aliphatic rings. The van der Waals surface area contributed by atoms with Gasteiger partial charge in [0, 0.05) is 0 Å². The fraction of sp³-hybridized carbons (Fsp3) is 0.680. The topological polar surface area (TPSA) is 35.2 Å². The first-order chi connectivity index (χ1) is 13.8. The molecule has 0 spiro atoms. The van der Waals surface area contributed by atoms with Gasteiger partial charge in [0.25, 0.3) is 0 Å². The van der Waals surface area contributed by atoms with E-state index in [4.69, 9.17) is 10.5 Å². The summed E-state index contributed by atoms with van der Waals surface area (Å²) in [4.78, 5) is 0. The number of thioether (sulfide) groups is 1. The van der Waals surface area contributed by atoms with Gasteiger partial charge in [-0.2, -0.15) is 0 Å². The van der Waals surface area contributed by atoms with Gasteiger partial charge in [-0.15, -0.1) is 11.8 Å². The summed E-state index contributed by atoms with van der Waals surface area (Å²) in [6.07, 6.45) is 22.3. The molecular weight excluding hydrogens is 362 g/mol. The zero-order valence-electron chi connectivity index (χ0n) is 18.3. The highest BCUT2D eigenvalue weighted by atomic mass is 32.2. The molecule has 1 aromatic rings. The summed E-state index contributed by atoms with van der Waals surface area (Å²) in [7, 11) is 0. The average molecular weight is 406 g/mol. The Morgan fingerprint density at radius 3 is 2.29 bits per heavy atom. The van der Waals surface area contributed by atoms with Crippen molar-refractivity contribution in [2.45, 2.75) is 89.3 Å². The predicted octanol–water partition coefficient (Wildman–Crippen LogP) is 7.59. The van der Waals surface area contributed by atoms with Gasteiger partial charge in [0.15, 0.2) is 0 Å². The monoisotopic (exact) mass is 405 g/mol. The maximum Gasteiger partial charge on any atom is 0.119 e. The Bertz CT molecular complexity index is 477. The largest absolute Gasteiger partial charge is 0.493 e. The molecule has 1 aromatic carbocycles. The van der Waals surface area contributed by atoms with Gasteiger partial charge < -0.3 is 10.5 Å². The van der Waals surface area contributed by atoms with E-state index in [1.165, 1.54) is 64.2 Å². The zero-order chi connectivity index (χ0) is 20.3. The van der Waals surface area contributed by atoms with Crippen LogP contribution in [0.3, 0.4) is 0 Å². The maximum atomic E-state index is 6.10. The highest BCUT2D eigenvalue weighted by molar-refractivity contribution is 7.99. The van der Waals surface area contributed by atoms with Gasteiger partial charge in [-0.05, 0) is 69.3 Å². The molecule has 0 bridgehead atoms. The van der Waals surface area contributed by atoms with Crippen LogP contribution in [0.25, 0.3) is 0 Å². The number of hydrogen-bond donors (Lipinski definition) is 1. The lowest BCUT2D eigenvalue weighted by molar-refractivity contribution is 0.227. The van der Waals surface area contributed by atoms with Crippen LogP contribution in [0.2, 0.25) is 0 Å². The molecule has 0 aromatic heterocycles. The van der Waals surface area contributed by atoms with Crippen molar-refractivity contribution in [1.29, 1.82) is 0 Å². The third-order valence-corrected chi connectivity index (χ3v) is 6.11. The summed E-state index contributed by atoms with van der Waals surface area (Å²) in [6.45, 7) is 3.07. The molecule has 2 unspecified atom stereocenters. The molecule has 2 nitrogen and oxygen atoms in total. The van der Waals surface area contributed by atoms with Crippen LogP contribution in [0.4, 0.5) is 0 Å². The number of nitrogens with two attached hydrogens (primary N) is 1. The van der Waals surface area contributed by atoms with E-state index in [1.807, 2.05) is 30.3 Å². The second-order valence-electron chi connectivity index (χ2n) is 7.80. The molecule has 0 radical (unpaired) electrons. The number of allylic oxidation sites excluding steroid dienone is 2. The number of benzene rings is 1. The molecule has 28 heavy (non-hydrogen) atoms. The van der Waals surface area contributed by atoms with Gasteiger partial charge in [-0.1, -0.05) is 69.4 Å². The lowest BCUT2D eigenvalue weighted by Crippen LogP contribution is -2.19. The number of rotatable bonds is 18. The lowest BCUT2D eigenvalue weighted by Gasteiger charge is -2.19. The van der Waals surface area contributed by atoms with Crippen LogP contribution in [0.1, 0.15) is 84.0 Å². The van der Waals surface area contributed by atoms with Crippen molar-refractivity contribution < 1.29 is 4.74 Å². The molecule has 0 saturated carbocycles. The van der Waals surface area contributed by atoms with Gasteiger partial charge in [0.05, 0.1) is 12.0 Å². The third-order valence-electron chi connectivity index (χ3n) is 5.27. The molecule has 1 rings (SSSR count). The zero-order valence-corrected chi connectivity index (χ0v) is 19.1. The van der Waals surface area contributed by atoms with Crippen molar-refractivity contribution in [3.8, 4) is 5.75 Å². The summed E-state index contributed by atoms with van der Waals surface area (Å²) in [5, 5.41) is 0.247. The van der Waals surface area contributed by atoms with Gasteiger partial charge >= 0.3 is 0 Å². The number of para-hydroxylation sites is 1. The summed E-state index contributed by atoms with van der Waals surface area (Å²) in [6, 6.07) is 10.2. The summed E-state index contributed by atoms with van der Waals surface area (Å²) in [5.41, 5.74) is 6.10. The molecule has 0 heterocycles. The second kappa shape index (κ2) is 18.1. The van der Waals surface area contributed by atoms with E-state index in [1.54, 1.807) is 11.8 Å². The van der Waals surface area contributed by atoms with Crippen LogP contribution in [-0.4, -0.2) is 18.2 Å². The molecule has 0 aliphatic carbocycles. The fourth-order valence-corrected chi connectivity index (χ4v) is 3.73. The lowest BCUT2D eigenvalue weighted by atomic mass is 9.97. The van der Waals surface area contributed by atoms with Crippen molar-refractivity contribution in [1.82, 2.24) is 0 Å². The third kappa shape index (κ3) is 14.1. The molecular formula is C25H43NOS. The van der Waals surface area contributed by atoms with Crippen LogP contribution in [0.15, 0.2) is 42.5 Å². The number of unbranched alkanes of at least 4 members (excludes halogenated alkanes) is 7. The van der Waals surface area contributed by atoms with Crippen molar-refractivity contribution in [2.24, 2.45) is 11.7 Å². The van der Waals surface area contributed by atoms with Gasteiger partial charge in [-0.25, -0.2) is 0 Å². The first-order valence-corrected chi connectivity index (χ1v) is 12.7. The SMILES string of the molecule is CCCCCCCC/C=C\CCCC(CCC(N)SC)COc1ccccc1. The van der Waals surface area contributed by atoms with E-state index in [0.29, 0.717) is 5.92 Å². The van der Waals surface area contributed by atoms with Crippen LogP contribution in [-0.2, 0) is 0 Å². The Kier molecular flexibility index (Phi) is 16.2. The first-order valence-electron chi connectivity index (χ1n) is 11.4. The Labute approximate surface area is 178 Å². The molecule has 2 N–H and O–H groups in total. The van der Waals surface area contributed by atoms with Gasteiger partial charge in [-0.3, -0.25) is 0 Å². The molecule has 160 valence electrons. The van der Waals surface area contributed by atoms with E-state index >= 15 is 0 Å². The summed E-state index contributed by atoms with van der Waals surface area (Å²) in [5.74, 6) is 1.56. The quantitative estimate of drug-likeness (QED) is 0.155. The molecule has 2 atom stereocenters. The smallest absolute Gasteiger partial charge is 0.119 e. The Hall–Kier alpha value is -0.930. The maximum absolute atomic E-state index is 6.10. The minimum Gasteiger partial charge on any atom is -0.493 e. The normalized spacial score (nSPS) is 13.7. The average Bonchev–Trinajstić information content (AvgIpc) is 2.73. The van der Waals surface area contributed by atoms with Crippen molar-refractivity contribution >= 4 is 11.8 Å². The van der Waals surface area contributed by atoms with Gasteiger partial charge in [0.1, 0.15) is 5.75 Å². The van der Waals surface area contributed by atoms with Gasteiger partial charge in [0.2, 0.25) is 0 Å². The first kappa shape index (κ1) is 25.1. The summed E-state index contributed by atoms with van der Waals surface area (Å²) < 4.78 is 6.02. The molecule has 0 saturated heterocycles. The van der Waals surface area contributed by atoms with Crippen molar-refractivity contribution in [3.63, 3.8) is 0 Å². The minimum atomic E-state index is 0.247. The molecule has 0 fully saturated rings. The van der Waals surface area contributed by atoms with Crippen LogP contribution in [0.5, 0.6) is 5.75 Å². The fourth-order valence-electron chi connectivity index (χ4n) is 3.36. The van der Waals surface area contributed by atoms with E-state index in [2.05, 4.69) is 25.3 Å². The molecule has 0 amide bonds. The second-order valence-corrected chi connectivity index (χ2v) is 8.88. The number of hydrogen-bond acceptors (Lipinski definition) is 3. The van der Waals surface area contributed by atoms with E-state index in [-0.39, 0.29) is 5.37 Å². The summed E-state index contributed by atoms with van der Waals surface area (Å²) >= 11 is 1.75. The van der Waals surface area contributed by atoms with Crippen LogP contribution in [0, 0.1) is 5.92 Å². The van der Waals surface area contributed by atoms with Crippen LogP contribution >= 0.6 is 11.8 Å². The highest BCUT2D eigenvalue weighted by Gasteiger charge is 2.12. The van der Waals surface area contributed by atoms with Crippen molar-refractivity contribution in [2.75, 3.05) is 12.9 Å². The Morgan fingerprint density at radius 1 is 0.893 bits per heavy atom. The Balaban J connectivity index is 2.19. The van der Waals surface area contributed by atoms with E-state index in [9.17, 15) is 0 Å².